The van der Waals surface area contributed by atoms with Gasteiger partial charge in [-0.1, -0.05) is 12.1 Å². The lowest BCUT2D eigenvalue weighted by atomic mass is 10.0. The lowest BCUT2D eigenvalue weighted by Gasteiger charge is -2.33. The van der Waals surface area contributed by atoms with Crippen LogP contribution in [0.15, 0.2) is 35.3 Å². The number of amides is 1. The fourth-order valence-electron chi connectivity index (χ4n) is 3.57. The van der Waals surface area contributed by atoms with Crippen LogP contribution in [0.4, 0.5) is 0 Å². The zero-order valence-electron chi connectivity index (χ0n) is 14.8. The van der Waals surface area contributed by atoms with E-state index in [1.54, 1.807) is 22.6 Å². The van der Waals surface area contributed by atoms with Crippen molar-refractivity contribution in [1.82, 2.24) is 24.8 Å². The average molecular weight is 390 g/mol. The van der Waals surface area contributed by atoms with E-state index in [1.807, 2.05) is 31.2 Å². The summed E-state index contributed by atoms with van der Waals surface area (Å²) in [6.45, 7) is 2.47. The molecule has 28 heavy (non-hydrogen) atoms. The van der Waals surface area contributed by atoms with Crippen molar-refractivity contribution in [2.75, 3.05) is 6.54 Å². The number of nitriles is 1. The van der Waals surface area contributed by atoms with Gasteiger partial charge >= 0.3 is 0 Å². The number of nitrogens with zero attached hydrogens (tertiary/aromatic N) is 5. The normalized spacial score (nSPS) is 16.1. The Balaban J connectivity index is 1.65. The Morgan fingerprint density at radius 3 is 3.14 bits per heavy atom. The van der Waals surface area contributed by atoms with Crippen molar-refractivity contribution in [3.8, 4) is 6.07 Å². The smallest absolute Gasteiger partial charge is 0.293 e. The molecule has 9 heteroatoms. The SMILES string of the molecule is Cc1cccc2sc([C@@H]3c4nc[nH]c4CCN3C(=O)c3ocnc3C#N)nc12. The van der Waals surface area contributed by atoms with Crippen LogP contribution in [0.25, 0.3) is 10.2 Å². The van der Waals surface area contributed by atoms with Crippen LogP contribution in [-0.2, 0) is 6.42 Å². The van der Waals surface area contributed by atoms with Crippen molar-refractivity contribution in [2.24, 2.45) is 0 Å². The number of fused-ring (bicyclic) bond motifs is 2. The number of aryl methyl sites for hydroxylation is 1. The van der Waals surface area contributed by atoms with E-state index >= 15 is 0 Å². The first-order chi connectivity index (χ1) is 13.7. The molecular weight excluding hydrogens is 376 g/mol. The van der Waals surface area contributed by atoms with Gasteiger partial charge in [-0.3, -0.25) is 4.79 Å². The number of para-hydroxylation sites is 1. The minimum Gasteiger partial charge on any atom is -0.437 e. The second-order valence-corrected chi connectivity index (χ2v) is 7.60. The zero-order chi connectivity index (χ0) is 19.3. The van der Waals surface area contributed by atoms with Gasteiger partial charge < -0.3 is 14.3 Å². The molecular formula is C19H14N6O2S. The maximum atomic E-state index is 13.2. The molecule has 3 aromatic heterocycles. The van der Waals surface area contributed by atoms with Gasteiger partial charge in [-0.15, -0.1) is 11.3 Å². The van der Waals surface area contributed by atoms with Crippen LogP contribution < -0.4 is 0 Å². The second-order valence-electron chi connectivity index (χ2n) is 6.53. The van der Waals surface area contributed by atoms with Gasteiger partial charge in [-0.2, -0.15) is 5.26 Å². The van der Waals surface area contributed by atoms with Crippen LogP contribution in [0.2, 0.25) is 0 Å². The topological polar surface area (TPSA) is 112 Å². The molecule has 0 fully saturated rings. The van der Waals surface area contributed by atoms with Gasteiger partial charge in [0.25, 0.3) is 5.91 Å². The van der Waals surface area contributed by atoms with E-state index in [0.29, 0.717) is 13.0 Å². The van der Waals surface area contributed by atoms with Crippen molar-refractivity contribution in [3.05, 3.63) is 64.3 Å². The molecule has 0 unspecified atom stereocenters. The third-order valence-corrected chi connectivity index (χ3v) is 6.00. The Labute approximate surface area is 163 Å². The molecule has 1 amide bonds. The van der Waals surface area contributed by atoms with E-state index in [2.05, 4.69) is 15.0 Å². The Hall–Kier alpha value is -3.51. The zero-order valence-corrected chi connectivity index (χ0v) is 15.7. The molecule has 5 rings (SSSR count). The third-order valence-electron chi connectivity index (χ3n) is 4.92. The van der Waals surface area contributed by atoms with Crippen molar-refractivity contribution in [1.29, 1.82) is 5.26 Å². The fourth-order valence-corrected chi connectivity index (χ4v) is 4.74. The van der Waals surface area contributed by atoms with Crippen LogP contribution >= 0.6 is 11.3 Å². The Kier molecular flexibility index (Phi) is 3.74. The highest BCUT2D eigenvalue weighted by Crippen LogP contribution is 2.38. The minimum atomic E-state index is -0.448. The summed E-state index contributed by atoms with van der Waals surface area (Å²) in [6, 6.07) is 7.49. The summed E-state index contributed by atoms with van der Waals surface area (Å²) in [5.41, 5.74) is 3.75. The summed E-state index contributed by atoms with van der Waals surface area (Å²) in [4.78, 5) is 31.2. The standard InChI is InChI=1S/C19H14N6O2S/c1-10-3-2-4-13-14(10)24-18(28-13)16-15-11(21-8-22-15)5-6-25(16)19(26)17-12(7-20)23-9-27-17/h2-4,8-9,16H,5-6H2,1H3,(H,21,22)/t16-/m0/s1. The largest absolute Gasteiger partial charge is 0.437 e. The molecule has 0 bridgehead atoms. The number of aromatic nitrogens is 4. The highest BCUT2D eigenvalue weighted by molar-refractivity contribution is 7.18. The van der Waals surface area contributed by atoms with Crippen molar-refractivity contribution >= 4 is 27.5 Å². The maximum absolute atomic E-state index is 13.2. The summed E-state index contributed by atoms with van der Waals surface area (Å²) in [6.07, 6.45) is 3.39. The molecule has 138 valence electrons. The van der Waals surface area contributed by atoms with E-state index in [4.69, 9.17) is 9.40 Å². The number of thiazole rings is 1. The summed E-state index contributed by atoms with van der Waals surface area (Å²) in [5.74, 6) is -0.438. The molecule has 0 radical (unpaired) electrons. The molecule has 1 aliphatic heterocycles. The molecule has 4 heterocycles. The summed E-state index contributed by atoms with van der Waals surface area (Å²) in [7, 11) is 0. The molecule has 0 saturated heterocycles. The quantitative estimate of drug-likeness (QED) is 0.563. The Bertz CT molecular complexity index is 1250. The van der Waals surface area contributed by atoms with Crippen LogP contribution in [0.3, 0.4) is 0 Å². The summed E-state index contributed by atoms with van der Waals surface area (Å²) in [5, 5.41) is 10.00. The van der Waals surface area contributed by atoms with Gasteiger partial charge in [-0.05, 0) is 18.6 Å². The number of H-pyrrole nitrogens is 1. The first-order valence-electron chi connectivity index (χ1n) is 8.70. The molecule has 8 nitrogen and oxygen atoms in total. The molecule has 1 aliphatic rings. The maximum Gasteiger partial charge on any atom is 0.293 e. The van der Waals surface area contributed by atoms with E-state index in [9.17, 15) is 10.1 Å². The van der Waals surface area contributed by atoms with Gasteiger partial charge in [0.2, 0.25) is 5.76 Å². The van der Waals surface area contributed by atoms with Crippen molar-refractivity contribution in [3.63, 3.8) is 0 Å². The van der Waals surface area contributed by atoms with Crippen molar-refractivity contribution < 1.29 is 9.21 Å². The minimum absolute atomic E-state index is 0.0169. The Morgan fingerprint density at radius 2 is 2.32 bits per heavy atom. The monoisotopic (exact) mass is 390 g/mol. The van der Waals surface area contributed by atoms with Crippen LogP contribution in [0.5, 0.6) is 0 Å². The van der Waals surface area contributed by atoms with Crippen LogP contribution in [0.1, 0.15) is 44.2 Å². The van der Waals surface area contributed by atoms with Crippen LogP contribution in [0, 0.1) is 18.3 Å². The number of nitrogens with one attached hydrogen (secondary N) is 1. The first-order valence-corrected chi connectivity index (χ1v) is 9.51. The molecule has 4 aromatic rings. The predicted molar refractivity (Wildman–Crippen MR) is 101 cm³/mol. The average Bonchev–Trinajstić information content (AvgIpc) is 3.44. The van der Waals surface area contributed by atoms with E-state index in [-0.39, 0.29) is 17.4 Å². The summed E-state index contributed by atoms with van der Waals surface area (Å²) < 4.78 is 6.29. The van der Waals surface area contributed by atoms with Gasteiger partial charge in [0.1, 0.15) is 17.1 Å². The number of rotatable bonds is 2. The van der Waals surface area contributed by atoms with Gasteiger partial charge in [0, 0.05) is 18.7 Å². The number of carbonyl (C=O) groups excluding carboxylic acids is 1. The molecule has 0 aliphatic carbocycles. The highest BCUT2D eigenvalue weighted by Gasteiger charge is 2.38. The molecule has 0 saturated carbocycles. The lowest BCUT2D eigenvalue weighted by Crippen LogP contribution is -2.40. The lowest BCUT2D eigenvalue weighted by molar-refractivity contribution is 0.0657. The highest BCUT2D eigenvalue weighted by atomic mass is 32.1. The predicted octanol–water partition coefficient (Wildman–Crippen LogP) is 2.98. The fraction of sp³-hybridized carbons (Fsp3) is 0.211. The third kappa shape index (κ3) is 2.42. The van der Waals surface area contributed by atoms with E-state index in [1.165, 1.54) is 0 Å². The second kappa shape index (κ2) is 6.28. The van der Waals surface area contributed by atoms with Gasteiger partial charge in [-0.25, -0.2) is 15.0 Å². The molecule has 1 atom stereocenters. The number of oxazole rings is 1. The van der Waals surface area contributed by atoms with E-state index in [0.717, 1.165) is 38.6 Å². The molecule has 1 N–H and O–H groups in total. The van der Waals surface area contributed by atoms with Gasteiger partial charge in [0.15, 0.2) is 12.1 Å². The summed E-state index contributed by atoms with van der Waals surface area (Å²) >= 11 is 1.54. The number of benzene rings is 1. The number of carbonyl (C=O) groups is 1. The molecule has 0 spiro atoms. The van der Waals surface area contributed by atoms with Crippen molar-refractivity contribution in [2.45, 2.75) is 19.4 Å². The number of aromatic amines is 1. The number of imidazole rings is 1. The number of hydrogen-bond donors (Lipinski definition) is 1. The first kappa shape index (κ1) is 16.6. The van der Waals surface area contributed by atoms with Crippen LogP contribution in [-0.4, -0.2) is 37.3 Å². The van der Waals surface area contributed by atoms with E-state index < -0.39 is 6.04 Å². The Morgan fingerprint density at radius 1 is 1.43 bits per heavy atom. The number of hydrogen-bond acceptors (Lipinski definition) is 7. The van der Waals surface area contributed by atoms with Gasteiger partial charge in [0.05, 0.1) is 22.2 Å². The molecule has 1 aromatic carbocycles.